The van der Waals surface area contributed by atoms with Gasteiger partial charge < -0.3 is 10.2 Å². The van der Waals surface area contributed by atoms with Gasteiger partial charge in [0.1, 0.15) is 0 Å². The Balaban J connectivity index is 1.45. The van der Waals surface area contributed by atoms with Gasteiger partial charge in [-0.05, 0) is 31.4 Å². The van der Waals surface area contributed by atoms with Gasteiger partial charge in [0.15, 0.2) is 0 Å². The quantitative estimate of drug-likeness (QED) is 0.915. The minimum absolute atomic E-state index is 0.718. The van der Waals surface area contributed by atoms with E-state index in [4.69, 9.17) is 0 Å². The second kappa shape index (κ2) is 7.80. The third-order valence-corrected chi connectivity index (χ3v) is 6.91. The van der Waals surface area contributed by atoms with Crippen molar-refractivity contribution >= 4 is 29.2 Å². The molecule has 21 heavy (non-hydrogen) atoms. The average molecular weight is 323 g/mol. The van der Waals surface area contributed by atoms with Crippen molar-refractivity contribution in [1.82, 2.24) is 5.32 Å². The number of hydrogen-bond donors (Lipinski definition) is 1. The topological polar surface area (TPSA) is 15.3 Å². The lowest BCUT2D eigenvalue weighted by molar-refractivity contribution is 0.486. The summed E-state index contributed by atoms with van der Waals surface area (Å²) in [6, 6.07) is 9.70. The Hall–Kier alpha value is -0.320. The zero-order valence-corrected chi connectivity index (χ0v) is 14.5. The van der Waals surface area contributed by atoms with E-state index in [0.29, 0.717) is 0 Å². The lowest BCUT2D eigenvalue weighted by Gasteiger charge is -2.21. The van der Waals surface area contributed by atoms with E-state index < -0.39 is 0 Å². The van der Waals surface area contributed by atoms with Crippen molar-refractivity contribution in [2.24, 2.45) is 5.92 Å². The van der Waals surface area contributed by atoms with Crippen LogP contribution < -0.4 is 10.2 Å². The van der Waals surface area contributed by atoms with Crippen molar-refractivity contribution in [3.05, 3.63) is 29.8 Å². The first-order chi connectivity index (χ1) is 10.3. The van der Waals surface area contributed by atoms with Crippen LogP contribution in [0.5, 0.6) is 0 Å². The summed E-state index contributed by atoms with van der Waals surface area (Å²) in [6.07, 6.45) is 1.33. The Morgan fingerprint density at radius 1 is 1.14 bits per heavy atom. The van der Waals surface area contributed by atoms with E-state index in [0.717, 1.165) is 12.0 Å². The van der Waals surface area contributed by atoms with Gasteiger partial charge in [0, 0.05) is 54.4 Å². The van der Waals surface area contributed by atoms with Gasteiger partial charge in [-0.2, -0.15) is 23.5 Å². The summed E-state index contributed by atoms with van der Waals surface area (Å²) in [7, 11) is 0. The van der Waals surface area contributed by atoms with Gasteiger partial charge in [-0.15, -0.1) is 0 Å². The largest absolute Gasteiger partial charge is 0.371 e. The maximum absolute atomic E-state index is 3.82. The molecule has 1 unspecified atom stereocenters. The number of aryl methyl sites for hydroxylation is 1. The summed E-state index contributed by atoms with van der Waals surface area (Å²) in [4.78, 5) is 2.54. The first-order valence-electron chi connectivity index (χ1n) is 8.02. The molecule has 3 rings (SSSR count). The van der Waals surface area contributed by atoms with E-state index in [1.54, 1.807) is 0 Å². The van der Waals surface area contributed by atoms with Crippen LogP contribution in [-0.4, -0.2) is 48.7 Å². The highest BCUT2D eigenvalue weighted by Crippen LogP contribution is 2.24. The highest BCUT2D eigenvalue weighted by molar-refractivity contribution is 8.03. The Kier molecular flexibility index (Phi) is 5.78. The number of nitrogens with one attached hydrogen (secondary N) is 1. The number of thioether (sulfide) groups is 2. The van der Waals surface area contributed by atoms with Crippen LogP contribution in [0.3, 0.4) is 0 Å². The zero-order valence-electron chi connectivity index (χ0n) is 12.9. The second-order valence-electron chi connectivity index (χ2n) is 6.19. The summed E-state index contributed by atoms with van der Waals surface area (Å²) >= 11 is 4.22. The molecule has 0 aromatic heterocycles. The number of benzene rings is 1. The molecule has 2 aliphatic rings. The predicted molar refractivity (Wildman–Crippen MR) is 97.9 cm³/mol. The Morgan fingerprint density at radius 2 is 1.86 bits per heavy atom. The van der Waals surface area contributed by atoms with E-state index in [-0.39, 0.29) is 0 Å². The Bertz CT molecular complexity index is 427. The molecule has 1 aromatic carbocycles. The summed E-state index contributed by atoms with van der Waals surface area (Å²) in [5, 5.41) is 3.82. The first kappa shape index (κ1) is 15.6. The molecule has 0 saturated carbocycles. The lowest BCUT2D eigenvalue weighted by atomic mass is 10.1. The molecule has 2 fully saturated rings. The minimum Gasteiger partial charge on any atom is -0.371 e. The number of hydrogen-bond acceptors (Lipinski definition) is 4. The Morgan fingerprint density at radius 3 is 2.57 bits per heavy atom. The molecule has 0 spiro atoms. The predicted octanol–water partition coefficient (Wildman–Crippen LogP) is 3.26. The molecule has 2 aliphatic heterocycles. The van der Waals surface area contributed by atoms with Crippen LogP contribution in [0.15, 0.2) is 24.3 Å². The van der Waals surface area contributed by atoms with Gasteiger partial charge in [0.25, 0.3) is 0 Å². The van der Waals surface area contributed by atoms with Crippen molar-refractivity contribution in [1.29, 1.82) is 0 Å². The third-order valence-electron chi connectivity index (χ3n) is 4.39. The molecule has 2 heterocycles. The van der Waals surface area contributed by atoms with Crippen molar-refractivity contribution in [2.75, 3.05) is 47.5 Å². The number of rotatable bonds is 4. The monoisotopic (exact) mass is 322 g/mol. The maximum Gasteiger partial charge on any atom is 0.0366 e. The van der Waals surface area contributed by atoms with E-state index in [1.165, 1.54) is 60.3 Å². The summed E-state index contributed by atoms with van der Waals surface area (Å²) in [6.45, 7) is 5.77. The number of anilines is 1. The highest BCUT2D eigenvalue weighted by Gasteiger charge is 2.23. The van der Waals surface area contributed by atoms with Crippen molar-refractivity contribution in [3.8, 4) is 0 Å². The molecule has 2 nitrogen and oxygen atoms in total. The van der Waals surface area contributed by atoms with Crippen LogP contribution in [0.1, 0.15) is 12.0 Å². The molecule has 2 saturated heterocycles. The molecule has 4 heteroatoms. The maximum atomic E-state index is 3.82. The van der Waals surface area contributed by atoms with Gasteiger partial charge in [0.05, 0.1) is 0 Å². The van der Waals surface area contributed by atoms with Crippen LogP contribution in [0.25, 0.3) is 0 Å². The van der Waals surface area contributed by atoms with Gasteiger partial charge in [0.2, 0.25) is 0 Å². The molecule has 0 radical (unpaired) electrons. The highest BCUT2D eigenvalue weighted by atomic mass is 32.2. The van der Waals surface area contributed by atoms with E-state index in [9.17, 15) is 0 Å². The SMILES string of the molecule is Cc1ccc(N2CCC(CNC3CSCCSC3)C2)cc1. The van der Waals surface area contributed by atoms with Crippen LogP contribution in [0, 0.1) is 12.8 Å². The molecule has 0 amide bonds. The van der Waals surface area contributed by atoms with Crippen molar-refractivity contribution in [3.63, 3.8) is 0 Å². The summed E-state index contributed by atoms with van der Waals surface area (Å²) in [5.41, 5.74) is 2.74. The Labute approximate surface area is 137 Å². The van der Waals surface area contributed by atoms with Crippen LogP contribution in [0.2, 0.25) is 0 Å². The molecule has 116 valence electrons. The molecule has 1 aromatic rings. The molecule has 1 atom stereocenters. The van der Waals surface area contributed by atoms with Crippen molar-refractivity contribution in [2.45, 2.75) is 19.4 Å². The third kappa shape index (κ3) is 4.57. The van der Waals surface area contributed by atoms with Crippen molar-refractivity contribution < 1.29 is 0 Å². The second-order valence-corrected chi connectivity index (χ2v) is 8.49. The van der Waals surface area contributed by atoms with Crippen LogP contribution >= 0.6 is 23.5 Å². The minimum atomic E-state index is 0.718. The summed E-state index contributed by atoms with van der Waals surface area (Å²) < 4.78 is 0. The first-order valence-corrected chi connectivity index (χ1v) is 10.3. The van der Waals surface area contributed by atoms with Gasteiger partial charge in [-0.1, -0.05) is 17.7 Å². The van der Waals surface area contributed by atoms with Crippen LogP contribution in [-0.2, 0) is 0 Å². The average Bonchev–Trinajstić information content (AvgIpc) is 2.81. The number of nitrogens with zero attached hydrogens (tertiary/aromatic N) is 1. The summed E-state index contributed by atoms with van der Waals surface area (Å²) in [5.74, 6) is 6.05. The lowest BCUT2D eigenvalue weighted by Crippen LogP contribution is -2.37. The van der Waals surface area contributed by atoms with E-state index in [2.05, 4.69) is 64.9 Å². The normalized spacial score (nSPS) is 24.2. The van der Waals surface area contributed by atoms with E-state index >= 15 is 0 Å². The standard InChI is InChI=1S/C17H26N2S2/c1-14-2-4-17(5-3-14)19-7-6-15(11-19)10-18-16-12-20-8-9-21-13-16/h2-5,15-16,18H,6-13H2,1H3. The van der Waals surface area contributed by atoms with Gasteiger partial charge in [-0.3, -0.25) is 0 Å². The van der Waals surface area contributed by atoms with Gasteiger partial charge in [-0.25, -0.2) is 0 Å². The van der Waals surface area contributed by atoms with Crippen LogP contribution in [0.4, 0.5) is 5.69 Å². The molecular weight excluding hydrogens is 296 g/mol. The molecule has 0 aliphatic carbocycles. The van der Waals surface area contributed by atoms with Gasteiger partial charge >= 0.3 is 0 Å². The smallest absolute Gasteiger partial charge is 0.0366 e. The fourth-order valence-corrected chi connectivity index (χ4v) is 5.52. The fraction of sp³-hybridized carbons (Fsp3) is 0.647. The molecule has 0 bridgehead atoms. The molecular formula is C17H26N2S2. The zero-order chi connectivity index (χ0) is 14.5. The van der Waals surface area contributed by atoms with E-state index in [1.807, 2.05) is 0 Å². The fourth-order valence-electron chi connectivity index (χ4n) is 3.06. The molecule has 1 N–H and O–H groups in total.